The van der Waals surface area contributed by atoms with Crippen LogP contribution in [-0.4, -0.2) is 48.0 Å². The number of likely N-dealkylation sites (tertiary alicyclic amines) is 1. The van der Waals surface area contributed by atoms with Gasteiger partial charge >= 0.3 is 0 Å². The second-order valence-electron chi connectivity index (χ2n) is 6.15. The van der Waals surface area contributed by atoms with Gasteiger partial charge in [0.1, 0.15) is 5.82 Å². The van der Waals surface area contributed by atoms with Gasteiger partial charge in [0.2, 0.25) is 0 Å². The molecular formula is C16H22ClFN3O. The highest BCUT2D eigenvalue weighted by Crippen LogP contribution is 2.24. The van der Waals surface area contributed by atoms with Gasteiger partial charge in [-0.25, -0.2) is 9.71 Å². The molecule has 1 aromatic rings. The van der Waals surface area contributed by atoms with E-state index in [0.29, 0.717) is 6.04 Å². The van der Waals surface area contributed by atoms with E-state index in [1.54, 1.807) is 12.1 Å². The van der Waals surface area contributed by atoms with E-state index in [2.05, 4.69) is 10.2 Å². The Labute approximate surface area is 135 Å². The lowest BCUT2D eigenvalue weighted by atomic mass is 10.00. The Balaban J connectivity index is 1.57. The molecule has 1 aromatic carbocycles. The lowest BCUT2D eigenvalue weighted by Gasteiger charge is -2.40. The van der Waals surface area contributed by atoms with Gasteiger partial charge in [0.15, 0.2) is 0 Å². The number of rotatable bonds is 3. The van der Waals surface area contributed by atoms with Crippen molar-refractivity contribution in [1.29, 1.82) is 0 Å². The SMILES string of the molecule is OC1CCN(C2CC(Nc3ccc(F)c(Cl)c3)CC[N]2)CC1. The van der Waals surface area contributed by atoms with Crippen LogP contribution in [0, 0.1) is 5.82 Å². The normalized spacial score (nSPS) is 27.8. The van der Waals surface area contributed by atoms with Crippen LogP contribution >= 0.6 is 11.6 Å². The number of aliphatic hydroxyl groups excluding tert-OH is 1. The van der Waals surface area contributed by atoms with E-state index < -0.39 is 5.82 Å². The molecule has 2 fully saturated rings. The summed E-state index contributed by atoms with van der Waals surface area (Å²) in [4.78, 5) is 2.36. The Morgan fingerprint density at radius 2 is 2.05 bits per heavy atom. The second-order valence-corrected chi connectivity index (χ2v) is 6.56. The van der Waals surface area contributed by atoms with Gasteiger partial charge in [0, 0.05) is 31.4 Å². The quantitative estimate of drug-likeness (QED) is 0.897. The van der Waals surface area contributed by atoms with E-state index in [-0.39, 0.29) is 17.3 Å². The highest BCUT2D eigenvalue weighted by atomic mass is 35.5. The summed E-state index contributed by atoms with van der Waals surface area (Å²) in [7, 11) is 0. The van der Waals surface area contributed by atoms with Crippen molar-refractivity contribution < 1.29 is 9.50 Å². The summed E-state index contributed by atoms with van der Waals surface area (Å²) < 4.78 is 13.2. The zero-order chi connectivity index (χ0) is 15.5. The molecule has 2 saturated heterocycles. The maximum absolute atomic E-state index is 13.2. The van der Waals surface area contributed by atoms with E-state index in [1.807, 2.05) is 0 Å². The Hall–Kier alpha value is -0.880. The summed E-state index contributed by atoms with van der Waals surface area (Å²) in [6.07, 6.45) is 3.63. The standard InChI is InChI=1S/C16H22ClFN3O/c17-14-9-11(1-2-15(14)18)20-12-3-6-19-16(10-12)21-7-4-13(22)5-8-21/h1-2,9,12-13,16,20,22H,3-8,10H2. The van der Waals surface area contributed by atoms with Crippen molar-refractivity contribution in [2.45, 2.75) is 44.0 Å². The van der Waals surface area contributed by atoms with E-state index in [9.17, 15) is 9.50 Å². The lowest BCUT2D eigenvalue weighted by molar-refractivity contribution is 0.0403. The molecule has 0 saturated carbocycles. The first-order chi connectivity index (χ1) is 10.6. The van der Waals surface area contributed by atoms with E-state index in [4.69, 9.17) is 16.9 Å². The summed E-state index contributed by atoms with van der Waals surface area (Å²) in [5.74, 6) is -0.393. The van der Waals surface area contributed by atoms with Crippen molar-refractivity contribution in [2.24, 2.45) is 0 Å². The van der Waals surface area contributed by atoms with E-state index in [1.165, 1.54) is 6.07 Å². The van der Waals surface area contributed by atoms with Crippen molar-refractivity contribution in [3.05, 3.63) is 29.0 Å². The Morgan fingerprint density at radius 1 is 1.27 bits per heavy atom. The summed E-state index contributed by atoms with van der Waals surface area (Å²) in [6.45, 7) is 2.64. The maximum atomic E-state index is 13.2. The van der Waals surface area contributed by atoms with Gasteiger partial charge in [-0.05, 0) is 43.9 Å². The molecule has 2 aliphatic rings. The molecule has 0 aliphatic carbocycles. The molecule has 3 rings (SSSR count). The number of halogens is 2. The number of piperidine rings is 2. The first-order valence-corrected chi connectivity index (χ1v) is 8.30. The Bertz CT molecular complexity index is 508. The van der Waals surface area contributed by atoms with Crippen LogP contribution in [0.15, 0.2) is 18.2 Å². The minimum atomic E-state index is -0.393. The highest BCUT2D eigenvalue weighted by molar-refractivity contribution is 6.31. The van der Waals surface area contributed by atoms with Crippen LogP contribution in [0.5, 0.6) is 0 Å². The summed E-state index contributed by atoms with van der Waals surface area (Å²) >= 11 is 5.83. The minimum absolute atomic E-state index is 0.145. The van der Waals surface area contributed by atoms with Crippen molar-refractivity contribution in [3.8, 4) is 0 Å². The number of hydrogen-bond donors (Lipinski definition) is 2. The average Bonchev–Trinajstić information content (AvgIpc) is 2.52. The largest absolute Gasteiger partial charge is 0.393 e. The van der Waals surface area contributed by atoms with Gasteiger partial charge < -0.3 is 10.4 Å². The summed E-state index contributed by atoms with van der Waals surface area (Å²) in [5, 5.41) is 17.9. The topological polar surface area (TPSA) is 49.6 Å². The first kappa shape index (κ1) is 16.0. The first-order valence-electron chi connectivity index (χ1n) is 7.92. The number of nitrogens with one attached hydrogen (secondary N) is 1. The van der Waals surface area contributed by atoms with Crippen LogP contribution in [0.3, 0.4) is 0 Å². The highest BCUT2D eigenvalue weighted by Gasteiger charge is 2.29. The molecular weight excluding hydrogens is 305 g/mol. The van der Waals surface area contributed by atoms with Crippen LogP contribution in [-0.2, 0) is 0 Å². The number of benzene rings is 1. The molecule has 0 amide bonds. The number of hydrogen-bond acceptors (Lipinski definition) is 3. The second kappa shape index (κ2) is 7.13. The molecule has 121 valence electrons. The average molecular weight is 327 g/mol. The van der Waals surface area contributed by atoms with Crippen LogP contribution in [0.2, 0.25) is 5.02 Å². The predicted octanol–water partition coefficient (Wildman–Crippen LogP) is 2.44. The van der Waals surface area contributed by atoms with E-state index >= 15 is 0 Å². The Kier molecular flexibility index (Phi) is 5.18. The van der Waals surface area contributed by atoms with Crippen molar-refractivity contribution in [3.63, 3.8) is 0 Å². The molecule has 2 heterocycles. The number of aliphatic hydroxyl groups is 1. The third kappa shape index (κ3) is 3.90. The van der Waals surface area contributed by atoms with Gasteiger partial charge in [-0.15, -0.1) is 0 Å². The van der Waals surface area contributed by atoms with E-state index in [0.717, 1.165) is 51.0 Å². The molecule has 2 atom stereocenters. The fourth-order valence-corrected chi connectivity index (χ4v) is 3.41. The lowest BCUT2D eigenvalue weighted by Crippen LogP contribution is -2.52. The molecule has 0 aromatic heterocycles. The smallest absolute Gasteiger partial charge is 0.141 e. The molecule has 2 unspecified atom stereocenters. The Morgan fingerprint density at radius 3 is 2.77 bits per heavy atom. The van der Waals surface area contributed by atoms with Crippen LogP contribution < -0.4 is 10.6 Å². The van der Waals surface area contributed by atoms with Gasteiger partial charge in [-0.1, -0.05) is 11.6 Å². The predicted molar refractivity (Wildman–Crippen MR) is 85.7 cm³/mol. The third-order valence-electron chi connectivity index (χ3n) is 4.52. The fourth-order valence-electron chi connectivity index (χ4n) is 3.23. The van der Waals surface area contributed by atoms with Crippen molar-refractivity contribution >= 4 is 17.3 Å². The zero-order valence-corrected chi connectivity index (χ0v) is 13.3. The van der Waals surface area contributed by atoms with Crippen LogP contribution in [0.4, 0.5) is 10.1 Å². The van der Waals surface area contributed by atoms with Gasteiger partial charge in [0.25, 0.3) is 0 Å². The molecule has 6 heteroatoms. The fraction of sp³-hybridized carbons (Fsp3) is 0.625. The van der Waals surface area contributed by atoms with Gasteiger partial charge in [-0.2, -0.15) is 0 Å². The zero-order valence-electron chi connectivity index (χ0n) is 12.5. The summed E-state index contributed by atoms with van der Waals surface area (Å²) in [5.41, 5.74) is 0.853. The minimum Gasteiger partial charge on any atom is -0.393 e. The monoisotopic (exact) mass is 326 g/mol. The van der Waals surface area contributed by atoms with Gasteiger partial charge in [0.05, 0.1) is 17.3 Å². The van der Waals surface area contributed by atoms with Crippen LogP contribution in [0.25, 0.3) is 0 Å². The molecule has 0 bridgehead atoms. The molecule has 1 radical (unpaired) electrons. The third-order valence-corrected chi connectivity index (χ3v) is 4.81. The molecule has 2 N–H and O–H groups in total. The molecule has 0 spiro atoms. The summed E-state index contributed by atoms with van der Waals surface area (Å²) in [6, 6.07) is 5.06. The van der Waals surface area contributed by atoms with Crippen molar-refractivity contribution in [1.82, 2.24) is 10.2 Å². The van der Waals surface area contributed by atoms with Gasteiger partial charge in [-0.3, -0.25) is 4.90 Å². The maximum Gasteiger partial charge on any atom is 0.141 e. The number of anilines is 1. The molecule has 4 nitrogen and oxygen atoms in total. The van der Waals surface area contributed by atoms with Crippen LogP contribution in [0.1, 0.15) is 25.7 Å². The molecule has 22 heavy (non-hydrogen) atoms. The van der Waals surface area contributed by atoms with Crippen molar-refractivity contribution in [2.75, 3.05) is 25.0 Å². The molecule has 2 aliphatic heterocycles. The number of nitrogens with zero attached hydrogens (tertiary/aromatic N) is 2.